The number of amides is 3. The summed E-state index contributed by atoms with van der Waals surface area (Å²) in [6.45, 7) is 2.01. The van der Waals surface area contributed by atoms with Crippen molar-refractivity contribution in [3.8, 4) is 11.5 Å². The molecule has 2 aliphatic heterocycles. The highest BCUT2D eigenvalue weighted by atomic mass is 16.5. The lowest BCUT2D eigenvalue weighted by atomic mass is 9.85. The van der Waals surface area contributed by atoms with Crippen molar-refractivity contribution in [3.05, 3.63) is 60.2 Å². The summed E-state index contributed by atoms with van der Waals surface area (Å²) in [6.07, 6.45) is 5.13. The number of allylic oxidation sites excluding steroid dienone is 2. The molecule has 2 aromatic carbocycles. The van der Waals surface area contributed by atoms with Crippen LogP contribution in [-0.2, 0) is 19.2 Å². The van der Waals surface area contributed by atoms with E-state index in [1.807, 2.05) is 12.2 Å². The second kappa shape index (κ2) is 9.02. The molecule has 0 unspecified atom stereocenters. The van der Waals surface area contributed by atoms with E-state index in [0.29, 0.717) is 41.3 Å². The number of carbonyl (C=O) groups excluding carboxylic acids is 4. The number of methoxy groups -OCH3 is 1. The topological polar surface area (TPSA) is 93.2 Å². The van der Waals surface area contributed by atoms with Crippen molar-refractivity contribution in [2.75, 3.05) is 23.5 Å². The zero-order valence-electron chi connectivity index (χ0n) is 19.6. The van der Waals surface area contributed by atoms with Gasteiger partial charge in [-0.3, -0.25) is 19.2 Å². The average Bonchev–Trinajstić information content (AvgIpc) is 3.37. The lowest BCUT2D eigenvalue weighted by Crippen LogP contribution is -2.31. The highest BCUT2D eigenvalue weighted by molar-refractivity contribution is 6.22. The standard InChI is InChI=1S/C27H26N2O6/c1-16-13-20(11-12-23(16)29-25(31)21-5-3-4-6-22(21)26(29)32)35-27(33)17-14-24(30)28(15-17)18-7-9-19(34-2)10-8-18/h3-4,7-13,17,21-22H,5-6,14-15H2,1-2H3/t17-,21-,22+/m1/s1. The predicted octanol–water partition coefficient (Wildman–Crippen LogP) is 3.42. The van der Waals surface area contributed by atoms with E-state index in [-0.39, 0.29) is 42.5 Å². The van der Waals surface area contributed by atoms with E-state index in [4.69, 9.17) is 9.47 Å². The molecule has 2 aromatic rings. The van der Waals surface area contributed by atoms with E-state index in [9.17, 15) is 19.2 Å². The Morgan fingerprint density at radius 1 is 0.914 bits per heavy atom. The Labute approximate surface area is 203 Å². The van der Waals surface area contributed by atoms with Crippen LogP contribution >= 0.6 is 0 Å². The van der Waals surface area contributed by atoms with Crippen LogP contribution in [-0.4, -0.2) is 37.3 Å². The quantitative estimate of drug-likeness (QED) is 0.285. The molecule has 2 heterocycles. The molecule has 0 bridgehead atoms. The molecule has 0 saturated carbocycles. The van der Waals surface area contributed by atoms with E-state index in [1.165, 1.54) is 4.90 Å². The summed E-state index contributed by atoms with van der Waals surface area (Å²) in [5, 5.41) is 0. The molecule has 1 aliphatic carbocycles. The van der Waals surface area contributed by atoms with Crippen molar-refractivity contribution >= 4 is 35.1 Å². The lowest BCUT2D eigenvalue weighted by Gasteiger charge is -2.19. The Kier molecular flexibility index (Phi) is 5.88. The Balaban J connectivity index is 1.27. The first-order valence-corrected chi connectivity index (χ1v) is 11.7. The number of imide groups is 1. The van der Waals surface area contributed by atoms with Gasteiger partial charge in [0.15, 0.2) is 0 Å². The highest BCUT2D eigenvalue weighted by Crippen LogP contribution is 2.39. The summed E-state index contributed by atoms with van der Waals surface area (Å²) >= 11 is 0. The minimum absolute atomic E-state index is 0.0650. The number of anilines is 2. The van der Waals surface area contributed by atoms with E-state index in [1.54, 1.807) is 61.4 Å². The van der Waals surface area contributed by atoms with Gasteiger partial charge in [-0.1, -0.05) is 12.2 Å². The minimum Gasteiger partial charge on any atom is -0.497 e. The van der Waals surface area contributed by atoms with Crippen molar-refractivity contribution < 1.29 is 28.7 Å². The van der Waals surface area contributed by atoms with Crippen LogP contribution in [0.15, 0.2) is 54.6 Å². The Morgan fingerprint density at radius 2 is 1.54 bits per heavy atom. The molecule has 8 nitrogen and oxygen atoms in total. The second-order valence-electron chi connectivity index (χ2n) is 9.14. The molecule has 2 saturated heterocycles. The average molecular weight is 475 g/mol. The van der Waals surface area contributed by atoms with Crippen molar-refractivity contribution in [1.29, 1.82) is 0 Å². The number of hydrogen-bond acceptors (Lipinski definition) is 6. The first kappa shape index (κ1) is 22.8. The van der Waals surface area contributed by atoms with Gasteiger partial charge in [-0.25, -0.2) is 4.90 Å². The van der Waals surface area contributed by atoms with Gasteiger partial charge in [0.25, 0.3) is 0 Å². The number of ether oxygens (including phenoxy) is 2. The molecular formula is C27H26N2O6. The molecule has 0 radical (unpaired) electrons. The predicted molar refractivity (Wildman–Crippen MR) is 128 cm³/mol. The molecule has 35 heavy (non-hydrogen) atoms. The smallest absolute Gasteiger partial charge is 0.316 e. The maximum absolute atomic E-state index is 12.9. The largest absolute Gasteiger partial charge is 0.497 e. The third-order valence-corrected chi connectivity index (χ3v) is 6.98. The molecule has 180 valence electrons. The highest BCUT2D eigenvalue weighted by Gasteiger charge is 2.48. The fourth-order valence-corrected chi connectivity index (χ4v) is 5.06. The fourth-order valence-electron chi connectivity index (χ4n) is 5.06. The molecule has 3 amide bonds. The van der Waals surface area contributed by atoms with Crippen LogP contribution in [0, 0.1) is 24.7 Å². The summed E-state index contributed by atoms with van der Waals surface area (Å²) in [6, 6.07) is 12.0. The fraction of sp³-hybridized carbons (Fsp3) is 0.333. The number of benzene rings is 2. The summed E-state index contributed by atoms with van der Waals surface area (Å²) in [7, 11) is 1.57. The molecule has 0 N–H and O–H groups in total. The van der Waals surface area contributed by atoms with E-state index < -0.39 is 11.9 Å². The number of nitrogens with zero attached hydrogens (tertiary/aromatic N) is 2. The number of aryl methyl sites for hydroxylation is 1. The van der Waals surface area contributed by atoms with Gasteiger partial charge in [0.05, 0.1) is 30.6 Å². The van der Waals surface area contributed by atoms with Crippen molar-refractivity contribution in [3.63, 3.8) is 0 Å². The van der Waals surface area contributed by atoms with Gasteiger partial charge >= 0.3 is 5.97 Å². The van der Waals surface area contributed by atoms with Gasteiger partial charge in [0, 0.05) is 18.7 Å². The first-order chi connectivity index (χ1) is 16.9. The van der Waals surface area contributed by atoms with Crippen LogP contribution in [0.4, 0.5) is 11.4 Å². The summed E-state index contributed by atoms with van der Waals surface area (Å²) < 4.78 is 10.7. The van der Waals surface area contributed by atoms with Crippen LogP contribution in [0.5, 0.6) is 11.5 Å². The van der Waals surface area contributed by atoms with Crippen LogP contribution in [0.25, 0.3) is 0 Å². The van der Waals surface area contributed by atoms with Crippen molar-refractivity contribution in [1.82, 2.24) is 0 Å². The zero-order valence-corrected chi connectivity index (χ0v) is 19.6. The monoisotopic (exact) mass is 474 g/mol. The molecular weight excluding hydrogens is 448 g/mol. The number of esters is 1. The molecule has 5 rings (SSSR count). The summed E-state index contributed by atoms with van der Waals surface area (Å²) in [4.78, 5) is 54.0. The van der Waals surface area contributed by atoms with E-state index in [0.717, 1.165) is 0 Å². The van der Waals surface area contributed by atoms with Crippen molar-refractivity contribution in [2.24, 2.45) is 17.8 Å². The van der Waals surface area contributed by atoms with E-state index >= 15 is 0 Å². The van der Waals surface area contributed by atoms with Crippen molar-refractivity contribution in [2.45, 2.75) is 26.2 Å². The molecule has 3 atom stereocenters. The maximum atomic E-state index is 12.9. The minimum atomic E-state index is -0.595. The van der Waals surface area contributed by atoms with Gasteiger partial charge < -0.3 is 14.4 Å². The van der Waals surface area contributed by atoms with Gasteiger partial charge in [0.1, 0.15) is 11.5 Å². The SMILES string of the molecule is COc1ccc(N2C[C@H](C(=O)Oc3ccc(N4C(=O)[C@H]5CC=CC[C@H]5C4=O)c(C)c3)CC2=O)cc1. The summed E-state index contributed by atoms with van der Waals surface area (Å²) in [5.41, 5.74) is 1.86. The maximum Gasteiger partial charge on any atom is 0.316 e. The van der Waals surface area contributed by atoms with Crippen LogP contribution in [0.3, 0.4) is 0 Å². The second-order valence-corrected chi connectivity index (χ2v) is 9.14. The number of carbonyl (C=O) groups is 4. The van der Waals surface area contributed by atoms with Gasteiger partial charge in [-0.05, 0) is 67.8 Å². The Morgan fingerprint density at radius 3 is 2.14 bits per heavy atom. The normalized spacial score (nSPS) is 23.6. The zero-order chi connectivity index (χ0) is 24.7. The number of hydrogen-bond donors (Lipinski definition) is 0. The van der Waals surface area contributed by atoms with Gasteiger partial charge in [-0.2, -0.15) is 0 Å². The first-order valence-electron chi connectivity index (χ1n) is 11.7. The lowest BCUT2D eigenvalue weighted by molar-refractivity contribution is -0.139. The third kappa shape index (κ3) is 4.09. The van der Waals surface area contributed by atoms with E-state index in [2.05, 4.69) is 0 Å². The molecule has 0 aromatic heterocycles. The van der Waals surface area contributed by atoms with Crippen LogP contribution in [0.1, 0.15) is 24.8 Å². The number of rotatable bonds is 5. The molecule has 3 aliphatic rings. The Bertz CT molecular complexity index is 1210. The van der Waals surface area contributed by atoms with Gasteiger partial charge in [0.2, 0.25) is 17.7 Å². The van der Waals surface area contributed by atoms with Crippen LogP contribution < -0.4 is 19.3 Å². The Hall–Kier alpha value is -3.94. The number of fused-ring (bicyclic) bond motifs is 1. The summed E-state index contributed by atoms with van der Waals surface area (Å²) in [5.74, 6) is -1.22. The third-order valence-electron chi connectivity index (χ3n) is 6.98. The molecule has 2 fully saturated rings. The van der Waals surface area contributed by atoms with Gasteiger partial charge in [-0.15, -0.1) is 0 Å². The van der Waals surface area contributed by atoms with Crippen LogP contribution in [0.2, 0.25) is 0 Å². The molecule has 8 heteroatoms. The molecule has 0 spiro atoms.